The molecule has 1 heterocycles. The average Bonchev–Trinajstić information content (AvgIpc) is 2.66. The number of ether oxygens (including phenoxy) is 1. The van der Waals surface area contributed by atoms with E-state index >= 15 is 0 Å². The number of carbonyl (C=O) groups excluding carboxylic acids is 3. The fourth-order valence-electron chi connectivity index (χ4n) is 2.25. The Morgan fingerprint density at radius 3 is 2.33 bits per heavy atom. The van der Waals surface area contributed by atoms with E-state index in [1.807, 2.05) is 0 Å². The minimum absolute atomic E-state index is 0.0888. The van der Waals surface area contributed by atoms with Crippen molar-refractivity contribution in [3.8, 4) is 0 Å². The first-order valence-corrected chi connectivity index (χ1v) is 9.32. The molecule has 160 valence electrons. The van der Waals surface area contributed by atoms with Gasteiger partial charge in [0.05, 0.1) is 0 Å². The van der Waals surface area contributed by atoms with E-state index < -0.39 is 23.2 Å². The quantitative estimate of drug-likeness (QED) is 0.540. The molecule has 4 N–H and O–H groups in total. The van der Waals surface area contributed by atoms with Gasteiger partial charge in [-0.2, -0.15) is 5.10 Å². The molecule has 0 spiro atoms. The van der Waals surface area contributed by atoms with E-state index in [0.29, 0.717) is 12.2 Å². The Labute approximate surface area is 173 Å². The summed E-state index contributed by atoms with van der Waals surface area (Å²) in [4.78, 5) is 46.4. The summed E-state index contributed by atoms with van der Waals surface area (Å²) in [5.74, 6) is -0.669. The topological polar surface area (TPSA) is 142 Å². The van der Waals surface area contributed by atoms with Crippen molar-refractivity contribution in [1.82, 2.24) is 20.8 Å². The summed E-state index contributed by atoms with van der Waals surface area (Å²) in [6, 6.07) is 9.45. The zero-order valence-electron chi connectivity index (χ0n) is 17.1. The lowest BCUT2D eigenvalue weighted by molar-refractivity contribution is -0.121. The van der Waals surface area contributed by atoms with Crippen LogP contribution in [0.2, 0.25) is 0 Å². The van der Waals surface area contributed by atoms with Gasteiger partial charge in [-0.25, -0.2) is 9.89 Å². The van der Waals surface area contributed by atoms with Crippen LogP contribution in [0.5, 0.6) is 0 Å². The molecular weight excluding hydrogens is 390 g/mol. The molecule has 1 aromatic carbocycles. The van der Waals surface area contributed by atoms with Gasteiger partial charge in [0.2, 0.25) is 5.91 Å². The monoisotopic (exact) mass is 415 g/mol. The van der Waals surface area contributed by atoms with Crippen LogP contribution in [0.15, 0.2) is 41.2 Å². The Hall–Kier alpha value is -3.69. The molecule has 10 nitrogen and oxygen atoms in total. The van der Waals surface area contributed by atoms with Crippen LogP contribution in [0.25, 0.3) is 0 Å². The van der Waals surface area contributed by atoms with E-state index in [1.54, 1.807) is 45.0 Å². The number of carbonyl (C=O) groups is 3. The molecule has 30 heavy (non-hydrogen) atoms. The van der Waals surface area contributed by atoms with E-state index in [-0.39, 0.29) is 24.6 Å². The van der Waals surface area contributed by atoms with E-state index in [9.17, 15) is 19.2 Å². The second-order valence-electron chi connectivity index (χ2n) is 7.41. The van der Waals surface area contributed by atoms with Crippen LogP contribution >= 0.6 is 0 Å². The number of benzene rings is 1. The standard InChI is InChI=1S/C20H25N5O5/c1-20(2,3)30-19(29)21-11-10-16(26)22-12-13-4-6-14(7-5-13)23-18(28)15-8-9-17(27)25-24-15/h4-9H,10-12H2,1-3H3,(H,21,29)(H,22,26)(H,23,28)(H,25,27). The first-order chi connectivity index (χ1) is 14.1. The largest absolute Gasteiger partial charge is 0.444 e. The van der Waals surface area contributed by atoms with E-state index in [0.717, 1.165) is 5.56 Å². The molecular formula is C20H25N5O5. The number of aromatic nitrogens is 2. The summed E-state index contributed by atoms with van der Waals surface area (Å²) in [6.07, 6.45) is -0.440. The summed E-state index contributed by atoms with van der Waals surface area (Å²) >= 11 is 0. The second-order valence-corrected chi connectivity index (χ2v) is 7.41. The predicted octanol–water partition coefficient (Wildman–Crippen LogP) is 1.55. The van der Waals surface area contributed by atoms with E-state index in [1.165, 1.54) is 12.1 Å². The molecule has 0 saturated carbocycles. The van der Waals surface area contributed by atoms with Crippen molar-refractivity contribution in [3.05, 3.63) is 58.0 Å². The number of alkyl carbamates (subject to hydrolysis) is 1. The molecule has 0 aliphatic heterocycles. The molecule has 0 atom stereocenters. The highest BCUT2D eigenvalue weighted by Gasteiger charge is 2.15. The lowest BCUT2D eigenvalue weighted by Gasteiger charge is -2.19. The molecule has 1 aromatic heterocycles. The fraction of sp³-hybridized carbons (Fsp3) is 0.350. The minimum atomic E-state index is -0.589. The maximum Gasteiger partial charge on any atom is 0.407 e. The number of amides is 3. The average molecular weight is 415 g/mol. The number of rotatable bonds is 7. The maximum atomic E-state index is 12.1. The fourth-order valence-corrected chi connectivity index (χ4v) is 2.25. The molecule has 3 amide bonds. The molecule has 2 rings (SSSR count). The summed E-state index contributed by atoms with van der Waals surface area (Å²) in [5.41, 5.74) is 0.492. The first-order valence-electron chi connectivity index (χ1n) is 9.32. The maximum absolute atomic E-state index is 12.1. The predicted molar refractivity (Wildman–Crippen MR) is 110 cm³/mol. The molecule has 0 bridgehead atoms. The Morgan fingerprint density at radius 2 is 1.73 bits per heavy atom. The number of hydrogen-bond acceptors (Lipinski definition) is 6. The SMILES string of the molecule is CC(C)(C)OC(=O)NCCC(=O)NCc1ccc(NC(=O)c2ccc(=O)[nH]n2)cc1. The number of hydrogen-bond donors (Lipinski definition) is 4. The van der Waals surface area contributed by atoms with E-state index in [4.69, 9.17) is 4.74 Å². The highest BCUT2D eigenvalue weighted by Crippen LogP contribution is 2.10. The van der Waals surface area contributed by atoms with Gasteiger partial charge >= 0.3 is 6.09 Å². The van der Waals surface area contributed by atoms with Crippen LogP contribution in [0.1, 0.15) is 43.2 Å². The van der Waals surface area contributed by atoms with Crippen LogP contribution in [0.4, 0.5) is 10.5 Å². The third-order valence-electron chi connectivity index (χ3n) is 3.63. The van der Waals surface area contributed by atoms with Crippen LogP contribution in [0.3, 0.4) is 0 Å². The zero-order valence-corrected chi connectivity index (χ0v) is 17.1. The van der Waals surface area contributed by atoms with Gasteiger partial charge in [-0.1, -0.05) is 12.1 Å². The first kappa shape index (κ1) is 22.6. The third kappa shape index (κ3) is 8.13. The van der Waals surface area contributed by atoms with Gasteiger partial charge in [0.1, 0.15) is 11.3 Å². The molecule has 10 heteroatoms. The van der Waals surface area contributed by atoms with Crippen molar-refractivity contribution in [3.63, 3.8) is 0 Å². The number of nitrogens with one attached hydrogen (secondary N) is 4. The van der Waals surface area contributed by atoms with Gasteiger partial charge in [-0.15, -0.1) is 0 Å². The molecule has 0 unspecified atom stereocenters. The molecule has 0 radical (unpaired) electrons. The number of nitrogens with zero attached hydrogens (tertiary/aromatic N) is 1. The summed E-state index contributed by atoms with van der Waals surface area (Å²) in [7, 11) is 0. The van der Waals surface area contributed by atoms with Crippen LogP contribution in [-0.2, 0) is 16.1 Å². The molecule has 0 fully saturated rings. The minimum Gasteiger partial charge on any atom is -0.444 e. The zero-order chi connectivity index (χ0) is 22.1. The second kappa shape index (κ2) is 10.2. The van der Waals surface area contributed by atoms with Gasteiger partial charge in [-0.05, 0) is 44.5 Å². The highest BCUT2D eigenvalue weighted by atomic mass is 16.6. The van der Waals surface area contributed by atoms with E-state index in [2.05, 4.69) is 26.1 Å². The van der Waals surface area contributed by atoms with Crippen molar-refractivity contribution in [2.24, 2.45) is 0 Å². The Bertz CT molecular complexity index is 927. The van der Waals surface area contributed by atoms with Crippen molar-refractivity contribution in [1.29, 1.82) is 0 Å². The molecule has 0 saturated heterocycles. The van der Waals surface area contributed by atoms with Crippen molar-refractivity contribution in [2.75, 3.05) is 11.9 Å². The third-order valence-corrected chi connectivity index (χ3v) is 3.63. The lowest BCUT2D eigenvalue weighted by atomic mass is 10.2. The van der Waals surface area contributed by atoms with Crippen molar-refractivity contribution >= 4 is 23.6 Å². The summed E-state index contributed by atoms with van der Waals surface area (Å²) in [6.45, 7) is 5.76. The van der Waals surface area contributed by atoms with Crippen LogP contribution in [-0.4, -0.2) is 40.3 Å². The number of H-pyrrole nitrogens is 1. The van der Waals surface area contributed by atoms with Gasteiger partial charge < -0.3 is 20.7 Å². The lowest BCUT2D eigenvalue weighted by Crippen LogP contribution is -2.35. The van der Waals surface area contributed by atoms with Crippen LogP contribution in [0, 0.1) is 0 Å². The molecule has 0 aliphatic rings. The normalized spacial score (nSPS) is 10.8. The van der Waals surface area contributed by atoms with Crippen LogP contribution < -0.4 is 21.5 Å². The van der Waals surface area contributed by atoms with Gasteiger partial charge in [0, 0.05) is 31.3 Å². The Kier molecular flexibility index (Phi) is 7.68. The summed E-state index contributed by atoms with van der Waals surface area (Å²) in [5, 5.41) is 13.8. The Balaban J connectivity index is 1.73. The van der Waals surface area contributed by atoms with Crippen molar-refractivity contribution in [2.45, 2.75) is 39.3 Å². The molecule has 0 aliphatic carbocycles. The summed E-state index contributed by atoms with van der Waals surface area (Å²) < 4.78 is 5.09. The van der Waals surface area contributed by atoms with Gasteiger partial charge in [0.15, 0.2) is 0 Å². The Morgan fingerprint density at radius 1 is 1.03 bits per heavy atom. The van der Waals surface area contributed by atoms with Gasteiger partial charge in [-0.3, -0.25) is 14.4 Å². The highest BCUT2D eigenvalue weighted by molar-refractivity contribution is 6.02. The number of anilines is 1. The number of aromatic amines is 1. The molecule has 2 aromatic rings. The van der Waals surface area contributed by atoms with Crippen molar-refractivity contribution < 1.29 is 19.1 Å². The van der Waals surface area contributed by atoms with Gasteiger partial charge in [0.25, 0.3) is 11.5 Å². The smallest absolute Gasteiger partial charge is 0.407 e.